The molecule has 0 aromatic rings. The molecule has 0 radical (unpaired) electrons. The fourth-order valence-corrected chi connectivity index (χ4v) is 3.18. The van der Waals surface area contributed by atoms with E-state index in [0.717, 1.165) is 64.2 Å². The molecule has 1 aliphatic rings. The minimum Gasteiger partial charge on any atom is -0.384 e. The van der Waals surface area contributed by atoms with E-state index >= 15 is 0 Å². The molecule has 0 bridgehead atoms. The summed E-state index contributed by atoms with van der Waals surface area (Å²) in [4.78, 5) is 13.4. The second-order valence-corrected chi connectivity index (χ2v) is 8.55. The van der Waals surface area contributed by atoms with Gasteiger partial charge in [-0.1, -0.05) is 69.3 Å². The zero-order valence-electron chi connectivity index (χ0n) is 20.6. The van der Waals surface area contributed by atoms with E-state index in [1.807, 2.05) is 31.9 Å². The van der Waals surface area contributed by atoms with Crippen molar-refractivity contribution < 1.29 is 4.79 Å². The van der Waals surface area contributed by atoms with Gasteiger partial charge in [-0.05, 0) is 67.6 Å². The van der Waals surface area contributed by atoms with Gasteiger partial charge in [0.2, 0.25) is 0 Å². The molecule has 5 heteroatoms. The van der Waals surface area contributed by atoms with Crippen molar-refractivity contribution in [3.05, 3.63) is 96.0 Å². The Bertz CT molecular complexity index is 902. The average molecular weight is 466 g/mol. The second kappa shape index (κ2) is 15.1. The standard InChI is InChI=1S/C28H39N3OS/c1-8-26(23(4)27-14-12-10-9-11-13-15-27)19-28(31(7)25(6)33)18-21(2)24(5)30-17-16-29-22(3)20-32/h9-10,13-15,18-20,22,29-30H,2,4-5,8,11-12,16-17H2,1,3,6-7H3/b10-9?,15-13-,26-19+,27-14+,28-18+. The number of aldehydes is 1. The van der Waals surface area contributed by atoms with E-state index in [2.05, 4.69) is 73.8 Å². The summed E-state index contributed by atoms with van der Waals surface area (Å²) < 4.78 is 0. The van der Waals surface area contributed by atoms with Gasteiger partial charge in [-0.15, -0.1) is 0 Å². The van der Waals surface area contributed by atoms with Gasteiger partial charge in [-0.2, -0.15) is 0 Å². The molecule has 0 saturated carbocycles. The number of nitrogens with zero attached hydrogens (tertiary/aromatic N) is 1. The summed E-state index contributed by atoms with van der Waals surface area (Å²) in [5, 5.41) is 6.37. The Morgan fingerprint density at radius 2 is 1.88 bits per heavy atom. The zero-order valence-corrected chi connectivity index (χ0v) is 21.4. The van der Waals surface area contributed by atoms with Crippen molar-refractivity contribution >= 4 is 23.5 Å². The lowest BCUT2D eigenvalue weighted by molar-refractivity contribution is -0.109. The summed E-state index contributed by atoms with van der Waals surface area (Å²) in [6, 6.07) is -0.168. The van der Waals surface area contributed by atoms with Crippen LogP contribution in [0.4, 0.5) is 0 Å². The lowest BCUT2D eigenvalue weighted by atomic mass is 9.94. The van der Waals surface area contributed by atoms with Crippen molar-refractivity contribution in [2.45, 2.75) is 46.1 Å². The van der Waals surface area contributed by atoms with Crippen LogP contribution in [0.3, 0.4) is 0 Å². The molecule has 0 aromatic carbocycles. The number of likely N-dealkylation sites (N-methyl/N-ethyl adjacent to an activating group) is 1. The third-order valence-electron chi connectivity index (χ3n) is 5.35. The predicted octanol–water partition coefficient (Wildman–Crippen LogP) is 5.71. The summed E-state index contributed by atoms with van der Waals surface area (Å²) in [5.41, 5.74) is 5.73. The highest BCUT2D eigenvalue weighted by atomic mass is 32.1. The van der Waals surface area contributed by atoms with Gasteiger partial charge in [0, 0.05) is 31.5 Å². The van der Waals surface area contributed by atoms with Crippen molar-refractivity contribution in [2.24, 2.45) is 0 Å². The van der Waals surface area contributed by atoms with Crippen molar-refractivity contribution in [1.82, 2.24) is 15.5 Å². The summed E-state index contributed by atoms with van der Waals surface area (Å²) >= 11 is 5.45. The molecule has 0 aromatic heterocycles. The summed E-state index contributed by atoms with van der Waals surface area (Å²) in [6.07, 6.45) is 18.6. The van der Waals surface area contributed by atoms with Crippen LogP contribution < -0.4 is 10.6 Å². The maximum atomic E-state index is 10.7. The topological polar surface area (TPSA) is 44.4 Å². The highest BCUT2D eigenvalue weighted by Crippen LogP contribution is 2.26. The zero-order chi connectivity index (χ0) is 24.8. The van der Waals surface area contributed by atoms with E-state index in [-0.39, 0.29) is 6.04 Å². The van der Waals surface area contributed by atoms with Crippen LogP contribution in [0.15, 0.2) is 96.0 Å². The second-order valence-electron chi connectivity index (χ2n) is 7.96. The normalized spacial score (nSPS) is 17.6. The number of hydrogen-bond acceptors (Lipinski definition) is 4. The Hall–Kier alpha value is -2.76. The largest absolute Gasteiger partial charge is 0.384 e. The third kappa shape index (κ3) is 10.1. The molecule has 0 aliphatic heterocycles. The number of thiocarbonyl (C=S) groups is 1. The first-order valence-electron chi connectivity index (χ1n) is 11.4. The number of allylic oxidation sites excluding steroid dienone is 10. The SMILES string of the molecule is C=C(/C=C(\C=C(/CC)C(=C)C1=C/CC=CC/C=C\1)N(C)C(C)=S)C(=C)NCCNC(C)C=O. The van der Waals surface area contributed by atoms with E-state index in [4.69, 9.17) is 12.2 Å². The number of nitrogens with one attached hydrogen (secondary N) is 2. The Balaban J connectivity index is 3.09. The Morgan fingerprint density at radius 1 is 1.18 bits per heavy atom. The van der Waals surface area contributed by atoms with E-state index in [1.54, 1.807) is 0 Å². The van der Waals surface area contributed by atoms with Crippen molar-refractivity contribution in [1.29, 1.82) is 0 Å². The van der Waals surface area contributed by atoms with Crippen LogP contribution in [0.2, 0.25) is 0 Å². The number of rotatable bonds is 13. The lowest BCUT2D eigenvalue weighted by Gasteiger charge is -2.22. The molecule has 0 amide bonds. The molecule has 0 saturated heterocycles. The van der Waals surface area contributed by atoms with E-state index in [0.29, 0.717) is 13.1 Å². The maximum Gasteiger partial charge on any atom is 0.136 e. The minimum atomic E-state index is -0.168. The molecule has 33 heavy (non-hydrogen) atoms. The van der Waals surface area contributed by atoms with Crippen LogP contribution >= 0.6 is 12.2 Å². The monoisotopic (exact) mass is 465 g/mol. The van der Waals surface area contributed by atoms with Crippen LogP contribution in [-0.2, 0) is 4.79 Å². The van der Waals surface area contributed by atoms with Gasteiger partial charge < -0.3 is 20.3 Å². The molecule has 178 valence electrons. The van der Waals surface area contributed by atoms with Crippen LogP contribution in [0.5, 0.6) is 0 Å². The summed E-state index contributed by atoms with van der Waals surface area (Å²) in [6.45, 7) is 19.8. The van der Waals surface area contributed by atoms with E-state index < -0.39 is 0 Å². The van der Waals surface area contributed by atoms with Crippen molar-refractivity contribution in [2.75, 3.05) is 20.1 Å². The Labute approximate surface area is 205 Å². The molecule has 1 rings (SSSR count). The highest BCUT2D eigenvalue weighted by Gasteiger charge is 2.11. The van der Waals surface area contributed by atoms with E-state index in [9.17, 15) is 4.79 Å². The lowest BCUT2D eigenvalue weighted by Crippen LogP contribution is -2.33. The molecular weight excluding hydrogens is 426 g/mol. The third-order valence-corrected chi connectivity index (χ3v) is 5.63. The Morgan fingerprint density at radius 3 is 2.52 bits per heavy atom. The van der Waals surface area contributed by atoms with Crippen LogP contribution in [-0.4, -0.2) is 42.4 Å². The maximum absolute atomic E-state index is 10.7. The molecule has 0 heterocycles. The Kier molecular flexibility index (Phi) is 13.0. The van der Waals surface area contributed by atoms with Gasteiger partial charge in [0.25, 0.3) is 0 Å². The molecular formula is C28H39N3OS. The fraction of sp³-hybridized carbons (Fsp3) is 0.357. The van der Waals surface area contributed by atoms with Crippen molar-refractivity contribution in [3.8, 4) is 0 Å². The molecule has 1 atom stereocenters. The van der Waals surface area contributed by atoms with Gasteiger partial charge in [0.05, 0.1) is 11.0 Å². The number of carbonyl (C=O) groups is 1. The first-order valence-corrected chi connectivity index (χ1v) is 11.8. The van der Waals surface area contributed by atoms with Gasteiger partial charge in [-0.25, -0.2) is 0 Å². The van der Waals surface area contributed by atoms with Gasteiger partial charge in [-0.3, -0.25) is 0 Å². The molecule has 1 aliphatic carbocycles. The summed E-state index contributed by atoms with van der Waals surface area (Å²) in [7, 11) is 1.95. The molecule has 0 spiro atoms. The molecule has 1 unspecified atom stereocenters. The van der Waals surface area contributed by atoms with Crippen molar-refractivity contribution in [3.63, 3.8) is 0 Å². The van der Waals surface area contributed by atoms with Crippen LogP contribution in [0.25, 0.3) is 0 Å². The quantitative estimate of drug-likeness (QED) is 0.120. The van der Waals surface area contributed by atoms with Crippen LogP contribution in [0, 0.1) is 0 Å². The van der Waals surface area contributed by atoms with Gasteiger partial charge in [0.15, 0.2) is 0 Å². The van der Waals surface area contributed by atoms with E-state index in [1.165, 1.54) is 0 Å². The first kappa shape index (κ1) is 28.3. The predicted molar refractivity (Wildman–Crippen MR) is 147 cm³/mol. The average Bonchev–Trinajstić information content (AvgIpc) is 2.77. The van der Waals surface area contributed by atoms with Crippen LogP contribution in [0.1, 0.15) is 40.0 Å². The molecule has 2 N–H and O–H groups in total. The van der Waals surface area contributed by atoms with Gasteiger partial charge in [0.1, 0.15) is 6.29 Å². The first-order chi connectivity index (χ1) is 15.7. The number of carbonyl (C=O) groups excluding carboxylic acids is 1. The summed E-state index contributed by atoms with van der Waals surface area (Å²) in [5.74, 6) is 0. The fourth-order valence-electron chi connectivity index (χ4n) is 3.08. The smallest absolute Gasteiger partial charge is 0.136 e. The molecule has 4 nitrogen and oxygen atoms in total. The minimum absolute atomic E-state index is 0.168. The number of hydrogen-bond donors (Lipinski definition) is 2. The highest BCUT2D eigenvalue weighted by molar-refractivity contribution is 7.80. The molecule has 0 fully saturated rings. The van der Waals surface area contributed by atoms with Gasteiger partial charge >= 0.3 is 0 Å².